The van der Waals surface area contributed by atoms with Gasteiger partial charge >= 0.3 is 5.97 Å². The fourth-order valence-corrected chi connectivity index (χ4v) is 11.3. The number of amides is 4. The second-order valence-corrected chi connectivity index (χ2v) is 27.6. The van der Waals surface area contributed by atoms with Crippen LogP contribution in [0.1, 0.15) is 84.1 Å². The van der Waals surface area contributed by atoms with Gasteiger partial charge in [0.15, 0.2) is 17.4 Å². The molecular weight excluding hydrogens is 1670 g/mol. The molecule has 3 aliphatic rings. The molecule has 722 valence electrons. The highest BCUT2D eigenvalue weighted by atomic mass is 19.1. The number of carboxylic acid groups (broad SMARTS) is 1. The molecule has 2 aliphatic carbocycles. The molecule has 0 spiro atoms. The average molecular weight is 1810 g/mol. The zero-order chi connectivity index (χ0) is 90.1. The third kappa shape index (κ3) is 60.3. The van der Waals surface area contributed by atoms with Gasteiger partial charge in [-0.3, -0.25) is 24.0 Å². The molecule has 4 amide bonds. The summed E-state index contributed by atoms with van der Waals surface area (Å²) in [4.78, 5) is 74.8. The van der Waals surface area contributed by atoms with Crippen LogP contribution in [0.5, 0.6) is 0 Å². The average Bonchev–Trinajstić information content (AvgIpc) is 0.747. The number of nitrogens with two attached hydrogens (primary N) is 1. The van der Waals surface area contributed by atoms with Crippen LogP contribution in [0, 0.1) is 5.92 Å². The number of allylic oxidation sites excluding steroid dienone is 4. The number of aromatic carboxylic acids is 1. The summed E-state index contributed by atoms with van der Waals surface area (Å²) >= 11 is 0. The Hall–Kier alpha value is -6.60. The molecule has 0 bridgehead atoms. The van der Waals surface area contributed by atoms with Crippen LogP contribution in [0.15, 0.2) is 71.2 Å². The molecule has 0 saturated heterocycles. The number of ether oxygens (including phenoxy) is 25. The molecule has 1 heterocycles. The van der Waals surface area contributed by atoms with E-state index in [0.717, 1.165) is 43.6 Å². The van der Waals surface area contributed by atoms with Crippen molar-refractivity contribution < 1.29 is 166 Å². The maximum atomic E-state index is 15.7. The molecule has 2 unspecified atom stereocenters. The Balaban J connectivity index is 0.739. The minimum Gasteiger partial charge on any atom is -0.505 e. The summed E-state index contributed by atoms with van der Waals surface area (Å²) in [5.41, 5.74) is 4.63. The lowest BCUT2D eigenvalue weighted by Crippen LogP contribution is -2.29. The lowest BCUT2D eigenvalue weighted by Gasteiger charge is -2.34. The molecule has 40 heteroatoms. The Morgan fingerprint density at radius 2 is 0.659 bits per heavy atom. The van der Waals surface area contributed by atoms with Crippen molar-refractivity contribution in [1.82, 2.24) is 21.3 Å². The minimum atomic E-state index is -1.43. The number of carbonyl (C=O) groups is 6. The fourth-order valence-electron chi connectivity index (χ4n) is 11.3. The van der Waals surface area contributed by atoms with Crippen molar-refractivity contribution in [3.05, 3.63) is 87.9 Å². The molecule has 1 aliphatic heterocycles. The molecule has 126 heavy (non-hydrogen) atoms. The van der Waals surface area contributed by atoms with Gasteiger partial charge in [-0.2, -0.15) is 0 Å². The normalized spacial score (nSPS) is 14.3. The highest BCUT2D eigenvalue weighted by molar-refractivity contribution is 6.12. The first kappa shape index (κ1) is 112. The van der Waals surface area contributed by atoms with Gasteiger partial charge in [0.2, 0.25) is 23.5 Å². The molecule has 0 radical (unpaired) electrons. The molecule has 1 aromatic carbocycles. The van der Waals surface area contributed by atoms with Crippen LogP contribution >= 0.6 is 0 Å². The van der Waals surface area contributed by atoms with Crippen LogP contribution in [0.3, 0.4) is 0 Å². The number of ketones is 1. The predicted octanol–water partition coefficient (Wildman–Crippen LogP) is 3.73. The predicted molar refractivity (Wildman–Crippen MR) is 452 cm³/mol. The first-order valence-electron chi connectivity index (χ1n) is 43.7. The first-order valence-corrected chi connectivity index (χ1v) is 43.7. The van der Waals surface area contributed by atoms with Gasteiger partial charge < -0.3 is 156 Å². The molecular formula is C86H141F2N5O33. The minimum absolute atomic E-state index is 0.00848. The maximum absolute atomic E-state index is 15.7. The standard InChI is InChI=1S/C86H141F2N5O33/c87-75-67-71-66-74-79(126-78(71)68-76(75)94)69-77(95)84(88)83(74)73-65-70(8-9-72(73)86(100)101)85(99)93-15-4-1-3-7-80(96)92-16-20-105-24-28-109-32-36-113-40-44-117-48-52-121-56-60-125-64-62-123-58-54-119-50-46-115-42-38-111-34-30-107-26-22-103-18-11-82(98)91-14-6-2-5-13-90-81(97)10-17-102-21-25-106-29-33-110-37-41-114-45-49-118-53-57-122-61-63-124-59-55-120-51-47-116-43-39-112-35-31-108-27-23-104-19-12-89/h8-9,65-69,74,78,94H,1-7,10-64,89H2,(H,90,97)(H,91,98)(H,92,96)(H,93,99)(H,100,101). The van der Waals surface area contributed by atoms with E-state index >= 15 is 4.39 Å². The number of hydrogen-bond acceptors (Lipinski definition) is 33. The summed E-state index contributed by atoms with van der Waals surface area (Å²) in [6.45, 7) is 23.1. The van der Waals surface area contributed by atoms with Crippen molar-refractivity contribution in [2.45, 2.75) is 63.9 Å². The topological polar surface area (TPSA) is 448 Å². The number of unbranched alkanes of at least 4 members (excludes halogenated alkanes) is 4. The number of rotatable bonds is 92. The number of hydrogen-bond donors (Lipinski definition) is 7. The highest BCUT2D eigenvalue weighted by Crippen LogP contribution is 2.45. The Morgan fingerprint density at radius 3 is 1.00 bits per heavy atom. The van der Waals surface area contributed by atoms with E-state index in [0.29, 0.717) is 363 Å². The maximum Gasteiger partial charge on any atom is 0.336 e. The van der Waals surface area contributed by atoms with Crippen LogP contribution in [-0.4, -0.2) is 402 Å². The molecule has 0 aromatic heterocycles. The van der Waals surface area contributed by atoms with E-state index in [4.69, 9.17) is 124 Å². The van der Waals surface area contributed by atoms with Crippen molar-refractivity contribution in [2.24, 2.45) is 11.7 Å². The summed E-state index contributed by atoms with van der Waals surface area (Å²) in [6.07, 6.45) is 8.48. The Morgan fingerprint density at radius 1 is 0.357 bits per heavy atom. The molecule has 0 fully saturated rings. The second kappa shape index (κ2) is 80.5. The third-order valence-electron chi connectivity index (χ3n) is 17.8. The van der Waals surface area contributed by atoms with Crippen molar-refractivity contribution in [3.63, 3.8) is 0 Å². The smallest absolute Gasteiger partial charge is 0.336 e. The van der Waals surface area contributed by atoms with Gasteiger partial charge in [-0.25, -0.2) is 13.6 Å². The van der Waals surface area contributed by atoms with Crippen LogP contribution in [0.25, 0.3) is 5.57 Å². The Kier molecular flexibility index (Phi) is 71.4. The van der Waals surface area contributed by atoms with E-state index in [2.05, 4.69) is 21.3 Å². The molecule has 0 saturated carbocycles. The van der Waals surface area contributed by atoms with Gasteiger partial charge in [-0.1, -0.05) is 12.5 Å². The van der Waals surface area contributed by atoms with Crippen molar-refractivity contribution in [3.8, 4) is 0 Å². The number of nitrogens with one attached hydrogen (secondary N) is 4. The first-order chi connectivity index (χ1) is 61.9. The zero-order valence-electron chi connectivity index (χ0n) is 73.4. The summed E-state index contributed by atoms with van der Waals surface area (Å²) in [7, 11) is 0. The van der Waals surface area contributed by atoms with E-state index < -0.39 is 47.1 Å². The Labute approximate surface area is 738 Å². The van der Waals surface area contributed by atoms with Gasteiger partial charge in [0.25, 0.3) is 5.91 Å². The molecule has 4 rings (SSSR count). The van der Waals surface area contributed by atoms with Crippen LogP contribution in [0.2, 0.25) is 0 Å². The largest absolute Gasteiger partial charge is 0.505 e. The zero-order valence-corrected chi connectivity index (χ0v) is 73.4. The number of aliphatic hydroxyl groups excluding tert-OH is 1. The quantitative estimate of drug-likeness (QED) is 0.0457. The summed E-state index contributed by atoms with van der Waals surface area (Å²) in [6, 6.07) is 3.61. The third-order valence-corrected chi connectivity index (χ3v) is 17.8. The van der Waals surface area contributed by atoms with E-state index in [1.807, 2.05) is 0 Å². The van der Waals surface area contributed by atoms with Gasteiger partial charge in [0.05, 0.1) is 329 Å². The summed E-state index contributed by atoms with van der Waals surface area (Å²) < 4.78 is 168. The molecule has 38 nitrogen and oxygen atoms in total. The van der Waals surface area contributed by atoms with Crippen molar-refractivity contribution >= 4 is 41.0 Å². The lowest BCUT2D eigenvalue weighted by molar-refractivity contribution is -0.123. The monoisotopic (exact) mass is 1810 g/mol. The van der Waals surface area contributed by atoms with Gasteiger partial charge in [0.1, 0.15) is 11.9 Å². The van der Waals surface area contributed by atoms with Crippen molar-refractivity contribution in [1.29, 1.82) is 0 Å². The van der Waals surface area contributed by atoms with E-state index in [-0.39, 0.29) is 77.1 Å². The SMILES string of the molecule is NCCOCCOCCOCCOCCOCCOCCOCCOCCOCCOCCOCCOCCC(=O)NCCCCCNC(=O)CCOCCOCCOCCOCCOCCOCCOCCOCCOCCOCCOCCOCCNC(=O)CCCCCNC(=O)c1ccc(C(=O)O)c(C2=C(F)C(=O)C=C3OC4C=C(O)C(F)=CC4=CC32)c1. The number of aliphatic hydroxyl groups is 1. The summed E-state index contributed by atoms with van der Waals surface area (Å²) in [5, 5.41) is 31.2. The fraction of sp³-hybridized carbons (Fsp3) is 0.744. The molecule has 8 N–H and O–H groups in total. The van der Waals surface area contributed by atoms with Crippen LogP contribution in [-0.2, 0) is 138 Å². The molecule has 1 aromatic rings. The van der Waals surface area contributed by atoms with Crippen molar-refractivity contribution in [2.75, 3.05) is 350 Å². The van der Waals surface area contributed by atoms with Gasteiger partial charge in [-0.05, 0) is 67.5 Å². The van der Waals surface area contributed by atoms with Crippen LogP contribution in [0.4, 0.5) is 8.78 Å². The van der Waals surface area contributed by atoms with E-state index in [9.17, 15) is 43.4 Å². The molecule has 2 atom stereocenters. The summed E-state index contributed by atoms with van der Waals surface area (Å²) in [5.74, 6) is -7.39. The Bertz CT molecular complexity index is 3140. The second-order valence-electron chi connectivity index (χ2n) is 27.6. The van der Waals surface area contributed by atoms with Crippen LogP contribution < -0.4 is 27.0 Å². The highest BCUT2D eigenvalue weighted by Gasteiger charge is 2.39. The van der Waals surface area contributed by atoms with E-state index in [1.165, 1.54) is 18.2 Å². The van der Waals surface area contributed by atoms with Gasteiger partial charge in [-0.15, -0.1) is 0 Å². The van der Waals surface area contributed by atoms with E-state index in [1.54, 1.807) is 0 Å². The lowest BCUT2D eigenvalue weighted by atomic mass is 9.79. The van der Waals surface area contributed by atoms with Gasteiger partial charge in [0, 0.05) is 75.3 Å². The number of fused-ring (bicyclic) bond motifs is 2. The number of carbonyl (C=O) groups excluding carboxylic acids is 5. The number of halogens is 2. The number of carboxylic acids is 1. The number of benzene rings is 1.